The Bertz CT molecular complexity index is 642. The van der Waals surface area contributed by atoms with Crippen LogP contribution in [0.15, 0.2) is 41.5 Å². The number of nitrogens with one attached hydrogen (secondary N) is 3. The number of anilines is 1. The van der Waals surface area contributed by atoms with E-state index in [1.54, 1.807) is 18.4 Å². The molecule has 0 radical (unpaired) electrons. The highest BCUT2D eigenvalue weighted by molar-refractivity contribution is 14.0. The van der Waals surface area contributed by atoms with Gasteiger partial charge in [0.25, 0.3) is 0 Å². The molecule has 1 aromatic carbocycles. The summed E-state index contributed by atoms with van der Waals surface area (Å²) in [6.45, 7) is 7.99. The minimum absolute atomic E-state index is 0. The van der Waals surface area contributed by atoms with Crippen LogP contribution in [0.25, 0.3) is 0 Å². The second kappa shape index (κ2) is 11.3. The molecule has 5 nitrogen and oxygen atoms in total. The van der Waals surface area contributed by atoms with Gasteiger partial charge in [0, 0.05) is 36.4 Å². The van der Waals surface area contributed by atoms with E-state index in [1.165, 1.54) is 4.88 Å². The first kappa shape index (κ1) is 21.7. The lowest BCUT2D eigenvalue weighted by atomic mass is 10.0. The van der Waals surface area contributed by atoms with Crippen LogP contribution < -0.4 is 16.0 Å². The third kappa shape index (κ3) is 7.60. The smallest absolute Gasteiger partial charge is 0.191 e. The molecule has 0 saturated heterocycles. The van der Waals surface area contributed by atoms with Gasteiger partial charge in [0.05, 0.1) is 6.54 Å². The molecule has 0 saturated carbocycles. The maximum absolute atomic E-state index is 4.36. The maximum Gasteiger partial charge on any atom is 0.191 e. The Labute approximate surface area is 171 Å². The van der Waals surface area contributed by atoms with Crippen molar-refractivity contribution in [2.24, 2.45) is 10.9 Å². The number of aliphatic imine (C=N–C) groups is 1. The van der Waals surface area contributed by atoms with Gasteiger partial charge < -0.3 is 16.0 Å². The summed E-state index contributed by atoms with van der Waals surface area (Å²) in [5.74, 6) is 1.29. The Morgan fingerprint density at radius 1 is 1.20 bits per heavy atom. The Morgan fingerprint density at radius 3 is 2.48 bits per heavy atom. The van der Waals surface area contributed by atoms with E-state index in [9.17, 15) is 0 Å². The fourth-order valence-corrected chi connectivity index (χ4v) is 3.00. The number of rotatable bonds is 7. The number of aryl methyl sites for hydroxylation is 1. The van der Waals surface area contributed by atoms with Crippen LogP contribution >= 0.6 is 35.3 Å². The number of para-hydroxylation sites is 1. The van der Waals surface area contributed by atoms with Crippen LogP contribution in [0.3, 0.4) is 0 Å². The summed E-state index contributed by atoms with van der Waals surface area (Å²) in [7, 11) is 1.79. The van der Waals surface area contributed by atoms with Crippen LogP contribution in [0, 0.1) is 12.8 Å². The predicted molar refractivity (Wildman–Crippen MR) is 119 cm³/mol. The maximum atomic E-state index is 4.36. The minimum atomic E-state index is 0. The van der Waals surface area contributed by atoms with E-state index in [0.29, 0.717) is 18.5 Å². The van der Waals surface area contributed by atoms with Gasteiger partial charge in [0.2, 0.25) is 0 Å². The number of halogens is 1. The Kier molecular flexibility index (Phi) is 9.81. The Hall–Kier alpha value is -1.35. The molecule has 0 aliphatic heterocycles. The molecule has 0 spiro atoms. The van der Waals surface area contributed by atoms with Crippen LogP contribution in [0.4, 0.5) is 5.69 Å². The summed E-state index contributed by atoms with van der Waals surface area (Å²) in [6.07, 6.45) is 1.90. The molecule has 1 aromatic heterocycles. The first-order chi connectivity index (χ1) is 11.6. The van der Waals surface area contributed by atoms with E-state index < -0.39 is 0 Å². The molecule has 138 valence electrons. The molecule has 2 aromatic rings. The summed E-state index contributed by atoms with van der Waals surface area (Å²) >= 11 is 1.70. The van der Waals surface area contributed by atoms with Gasteiger partial charge in [-0.3, -0.25) is 4.99 Å². The molecule has 0 bridgehead atoms. The number of hydrogen-bond donors (Lipinski definition) is 3. The zero-order valence-electron chi connectivity index (χ0n) is 15.2. The SMILES string of the molecule is CN=C(NCc1ncc(C)s1)NCC(Nc1ccccc1)C(C)C.I. The summed E-state index contributed by atoms with van der Waals surface area (Å²) in [4.78, 5) is 9.88. The van der Waals surface area contributed by atoms with Gasteiger partial charge in [-0.05, 0) is 25.0 Å². The molecule has 2 rings (SSSR count). The van der Waals surface area contributed by atoms with Gasteiger partial charge in [0.1, 0.15) is 5.01 Å². The predicted octanol–water partition coefficient (Wildman–Crippen LogP) is 3.87. The second-order valence-corrected chi connectivity index (χ2v) is 7.35. The van der Waals surface area contributed by atoms with E-state index in [-0.39, 0.29) is 24.0 Å². The molecule has 0 aliphatic carbocycles. The Morgan fingerprint density at radius 2 is 1.92 bits per heavy atom. The third-order valence-corrected chi connectivity index (χ3v) is 4.63. The molecule has 3 N–H and O–H groups in total. The molecular weight excluding hydrogens is 445 g/mol. The minimum Gasteiger partial charge on any atom is -0.380 e. The van der Waals surface area contributed by atoms with Gasteiger partial charge >= 0.3 is 0 Å². The molecule has 0 amide bonds. The van der Waals surface area contributed by atoms with Crippen LogP contribution in [0.5, 0.6) is 0 Å². The number of hydrogen-bond acceptors (Lipinski definition) is 4. The molecule has 25 heavy (non-hydrogen) atoms. The van der Waals surface area contributed by atoms with Gasteiger partial charge in [-0.25, -0.2) is 4.98 Å². The lowest BCUT2D eigenvalue weighted by molar-refractivity contribution is 0.512. The lowest BCUT2D eigenvalue weighted by Crippen LogP contribution is -2.44. The van der Waals surface area contributed by atoms with Crippen molar-refractivity contribution in [3.8, 4) is 0 Å². The molecule has 0 fully saturated rings. The van der Waals surface area contributed by atoms with Crippen LogP contribution in [0.2, 0.25) is 0 Å². The molecule has 1 atom stereocenters. The highest BCUT2D eigenvalue weighted by Crippen LogP contribution is 2.12. The van der Waals surface area contributed by atoms with E-state index in [1.807, 2.05) is 24.4 Å². The number of benzene rings is 1. The normalized spacial score (nSPS) is 12.4. The average Bonchev–Trinajstić information content (AvgIpc) is 3.00. The standard InChI is InChI=1S/C18H27N5S.HI/c1-13(2)16(23-15-8-6-5-7-9-15)11-21-18(19-4)22-12-17-20-10-14(3)24-17;/h5-10,13,16,23H,11-12H2,1-4H3,(H2,19,21,22);1H. The highest BCUT2D eigenvalue weighted by Gasteiger charge is 2.13. The van der Waals surface area contributed by atoms with Crippen molar-refractivity contribution in [1.29, 1.82) is 0 Å². The molecule has 1 heterocycles. The monoisotopic (exact) mass is 473 g/mol. The van der Waals surface area contributed by atoms with Crippen molar-refractivity contribution in [2.45, 2.75) is 33.4 Å². The van der Waals surface area contributed by atoms with Crippen molar-refractivity contribution in [3.63, 3.8) is 0 Å². The average molecular weight is 473 g/mol. The van der Waals surface area contributed by atoms with E-state index >= 15 is 0 Å². The highest BCUT2D eigenvalue weighted by atomic mass is 127. The van der Waals surface area contributed by atoms with Gasteiger partial charge in [0.15, 0.2) is 5.96 Å². The first-order valence-electron chi connectivity index (χ1n) is 8.26. The summed E-state index contributed by atoms with van der Waals surface area (Å²) in [5.41, 5.74) is 1.14. The van der Waals surface area contributed by atoms with Crippen LogP contribution in [-0.2, 0) is 6.54 Å². The Balaban J connectivity index is 0.00000312. The van der Waals surface area contributed by atoms with E-state index in [0.717, 1.165) is 23.2 Å². The fraction of sp³-hybridized carbons (Fsp3) is 0.444. The van der Waals surface area contributed by atoms with E-state index in [2.05, 4.69) is 58.8 Å². The van der Waals surface area contributed by atoms with Crippen molar-refractivity contribution in [2.75, 3.05) is 18.9 Å². The summed E-state index contributed by atoms with van der Waals surface area (Å²) in [5, 5.41) is 11.4. The van der Waals surface area contributed by atoms with E-state index in [4.69, 9.17) is 0 Å². The second-order valence-electron chi connectivity index (χ2n) is 6.03. The van der Waals surface area contributed by atoms with Gasteiger partial charge in [-0.15, -0.1) is 35.3 Å². The fourth-order valence-electron chi connectivity index (χ4n) is 2.27. The zero-order valence-corrected chi connectivity index (χ0v) is 18.4. The molecule has 1 unspecified atom stereocenters. The number of aromatic nitrogens is 1. The van der Waals surface area contributed by atoms with Gasteiger partial charge in [-0.1, -0.05) is 32.0 Å². The summed E-state index contributed by atoms with van der Waals surface area (Å²) in [6, 6.07) is 10.6. The van der Waals surface area contributed by atoms with Crippen LogP contribution in [-0.4, -0.2) is 30.6 Å². The van der Waals surface area contributed by atoms with Crippen molar-refractivity contribution in [1.82, 2.24) is 15.6 Å². The molecule has 0 aliphatic rings. The van der Waals surface area contributed by atoms with Crippen molar-refractivity contribution < 1.29 is 0 Å². The molecule has 7 heteroatoms. The van der Waals surface area contributed by atoms with Gasteiger partial charge in [-0.2, -0.15) is 0 Å². The lowest BCUT2D eigenvalue weighted by Gasteiger charge is -2.25. The topological polar surface area (TPSA) is 61.3 Å². The molecular formula is C18H28IN5S. The van der Waals surface area contributed by atoms with Crippen molar-refractivity contribution in [3.05, 3.63) is 46.4 Å². The summed E-state index contributed by atoms with van der Waals surface area (Å²) < 4.78 is 0. The number of thiazole rings is 1. The van der Waals surface area contributed by atoms with Crippen molar-refractivity contribution >= 4 is 47.0 Å². The number of nitrogens with zero attached hydrogens (tertiary/aromatic N) is 2. The largest absolute Gasteiger partial charge is 0.380 e. The zero-order chi connectivity index (χ0) is 17.4. The third-order valence-electron chi connectivity index (χ3n) is 3.72. The quantitative estimate of drug-likeness (QED) is 0.325. The van der Waals surface area contributed by atoms with Crippen LogP contribution in [0.1, 0.15) is 23.7 Å². The number of guanidine groups is 1. The first-order valence-corrected chi connectivity index (χ1v) is 9.07.